The topological polar surface area (TPSA) is 9.23 Å². The summed E-state index contributed by atoms with van der Waals surface area (Å²) >= 11 is 0. The summed E-state index contributed by atoms with van der Waals surface area (Å²) in [5, 5.41) is 0. The molecule has 2 heteroatoms. The smallest absolute Gasteiger partial charge is 0.193 e. The quantitative estimate of drug-likeness (QED) is 0.552. The van der Waals surface area contributed by atoms with Gasteiger partial charge in [-0.15, -0.1) is 0 Å². The van der Waals surface area contributed by atoms with Crippen LogP contribution in [-0.4, -0.2) is 13.9 Å². The van der Waals surface area contributed by atoms with Crippen LogP contribution in [0.2, 0.25) is 18.1 Å². The predicted octanol–water partition coefficient (Wildman–Crippen LogP) is 6.12. The Hall–Kier alpha value is -0.863. The van der Waals surface area contributed by atoms with Gasteiger partial charge in [-0.25, -0.2) is 0 Å². The Balaban J connectivity index is 2.96. The van der Waals surface area contributed by atoms with Gasteiger partial charge in [0.15, 0.2) is 8.32 Å². The summed E-state index contributed by atoms with van der Waals surface area (Å²) in [5.41, 5.74) is 3.79. The van der Waals surface area contributed by atoms with Crippen LogP contribution in [0.25, 0.3) is 6.08 Å². The van der Waals surface area contributed by atoms with Crippen LogP contribution in [0.4, 0.5) is 0 Å². The molecule has 1 rings (SSSR count). The van der Waals surface area contributed by atoms with Gasteiger partial charge in [-0.05, 0) is 62.5 Å². The molecule has 0 saturated carbocycles. The highest BCUT2D eigenvalue weighted by Crippen LogP contribution is 2.29. The van der Waals surface area contributed by atoms with Gasteiger partial charge in [0, 0.05) is 0 Å². The summed E-state index contributed by atoms with van der Waals surface area (Å²) in [4.78, 5) is 0. The van der Waals surface area contributed by atoms with E-state index in [4.69, 9.17) is 4.43 Å². The van der Waals surface area contributed by atoms with Crippen LogP contribution >= 0.6 is 0 Å². The zero-order valence-corrected chi connectivity index (χ0v) is 15.9. The molecule has 1 nitrogen and oxygen atoms in total. The number of benzene rings is 1. The van der Waals surface area contributed by atoms with Gasteiger partial charge in [0.2, 0.25) is 0 Å². The molecular formula is C19H32OSi. The number of aryl methyl sites for hydroxylation is 2. The first-order chi connectivity index (χ1) is 9.79. The summed E-state index contributed by atoms with van der Waals surface area (Å²) in [6, 6.07) is 10.0. The molecule has 0 amide bonds. The molecule has 0 radical (unpaired) electrons. The van der Waals surface area contributed by atoms with Crippen LogP contribution in [0.5, 0.6) is 0 Å². The lowest BCUT2D eigenvalue weighted by molar-refractivity contribution is 0.147. The van der Waals surface area contributed by atoms with Crippen molar-refractivity contribution in [1.29, 1.82) is 0 Å². The van der Waals surface area contributed by atoms with Gasteiger partial charge in [-0.1, -0.05) is 51.1 Å². The third-order valence-electron chi connectivity index (χ3n) is 4.61. The molecule has 118 valence electrons. The second-order valence-electron chi connectivity index (χ2n) is 6.59. The van der Waals surface area contributed by atoms with Crippen molar-refractivity contribution < 1.29 is 4.43 Å². The molecule has 0 spiro atoms. The molecule has 0 heterocycles. The van der Waals surface area contributed by atoms with Crippen molar-refractivity contribution in [3.05, 3.63) is 41.0 Å². The maximum Gasteiger partial charge on any atom is 0.193 e. The van der Waals surface area contributed by atoms with Gasteiger partial charge >= 0.3 is 0 Å². The third-order valence-corrected chi connectivity index (χ3v) is 9.43. The van der Waals surface area contributed by atoms with Crippen LogP contribution in [0, 0.1) is 13.8 Å². The molecule has 21 heavy (non-hydrogen) atoms. The minimum absolute atomic E-state index is 0.191. The fourth-order valence-corrected chi connectivity index (χ4v) is 6.05. The highest BCUT2D eigenvalue weighted by Gasteiger charge is 2.34. The van der Waals surface area contributed by atoms with Gasteiger partial charge in [-0.3, -0.25) is 0 Å². The van der Waals surface area contributed by atoms with E-state index in [1.165, 1.54) is 34.8 Å². The lowest BCUT2D eigenvalue weighted by Gasteiger charge is -2.36. The molecule has 0 unspecified atom stereocenters. The Kier molecular flexibility index (Phi) is 6.42. The molecule has 1 aromatic carbocycles. The third kappa shape index (κ3) is 4.82. The van der Waals surface area contributed by atoms with E-state index in [1.54, 1.807) is 0 Å². The van der Waals surface area contributed by atoms with E-state index in [2.05, 4.69) is 78.8 Å². The van der Waals surface area contributed by atoms with Gasteiger partial charge in [0.1, 0.15) is 0 Å². The van der Waals surface area contributed by atoms with Gasteiger partial charge < -0.3 is 4.43 Å². The highest BCUT2D eigenvalue weighted by atomic mass is 28.4. The lowest BCUT2D eigenvalue weighted by atomic mass is 10.0. The van der Waals surface area contributed by atoms with Crippen LogP contribution in [0.3, 0.4) is 0 Å². The number of hydrogen-bond acceptors (Lipinski definition) is 1. The zero-order valence-electron chi connectivity index (χ0n) is 14.9. The predicted molar refractivity (Wildman–Crippen MR) is 97.3 cm³/mol. The maximum atomic E-state index is 6.63. The minimum Gasteiger partial charge on any atom is -0.409 e. The van der Waals surface area contributed by atoms with E-state index in [0.717, 1.165) is 0 Å². The summed E-state index contributed by atoms with van der Waals surface area (Å²) < 4.78 is 6.63. The van der Waals surface area contributed by atoms with Crippen molar-refractivity contribution in [2.45, 2.75) is 72.2 Å². The zero-order chi connectivity index (χ0) is 16.1. The summed E-state index contributed by atoms with van der Waals surface area (Å²) in [6.07, 6.45) is 4.48. The first kappa shape index (κ1) is 18.2. The second-order valence-corrected chi connectivity index (χ2v) is 11.3. The minimum atomic E-state index is -1.57. The fraction of sp³-hybridized carbons (Fsp3) is 0.579. The average Bonchev–Trinajstić information content (AvgIpc) is 2.44. The molecule has 0 aliphatic carbocycles. The van der Waals surface area contributed by atoms with Crippen molar-refractivity contribution >= 4 is 14.4 Å². The van der Waals surface area contributed by atoms with Crippen LogP contribution in [0.1, 0.15) is 51.3 Å². The van der Waals surface area contributed by atoms with E-state index in [-0.39, 0.29) is 5.60 Å². The van der Waals surface area contributed by atoms with E-state index >= 15 is 0 Å². The first-order valence-corrected chi connectivity index (χ1v) is 10.8. The molecule has 0 saturated heterocycles. The van der Waals surface area contributed by atoms with Crippen molar-refractivity contribution in [3.8, 4) is 0 Å². The van der Waals surface area contributed by atoms with Crippen molar-refractivity contribution in [1.82, 2.24) is 0 Å². The van der Waals surface area contributed by atoms with Gasteiger partial charge in [0.25, 0.3) is 0 Å². The van der Waals surface area contributed by atoms with E-state index in [9.17, 15) is 0 Å². The average molecular weight is 305 g/mol. The molecule has 0 fully saturated rings. The van der Waals surface area contributed by atoms with Crippen LogP contribution in [0.15, 0.2) is 24.3 Å². The summed E-state index contributed by atoms with van der Waals surface area (Å²) in [5.74, 6) is 0. The van der Waals surface area contributed by atoms with Gasteiger partial charge in [-0.2, -0.15) is 0 Å². The molecule has 0 bridgehead atoms. The van der Waals surface area contributed by atoms with E-state index < -0.39 is 8.32 Å². The Labute approximate surface area is 132 Å². The molecule has 0 N–H and O–H groups in total. The van der Waals surface area contributed by atoms with Crippen molar-refractivity contribution in [3.63, 3.8) is 0 Å². The molecular weight excluding hydrogens is 272 g/mol. The summed E-state index contributed by atoms with van der Waals surface area (Å²) in [6.45, 7) is 15.6. The maximum absolute atomic E-state index is 6.63. The monoisotopic (exact) mass is 304 g/mol. The number of hydrogen-bond donors (Lipinski definition) is 0. The summed E-state index contributed by atoms with van der Waals surface area (Å²) in [7, 11) is -1.57. The normalized spacial score (nSPS) is 13.1. The molecule has 0 atom stereocenters. The Morgan fingerprint density at radius 1 is 1.00 bits per heavy atom. The van der Waals surface area contributed by atoms with Gasteiger partial charge in [0.05, 0.1) is 5.60 Å². The van der Waals surface area contributed by atoms with Crippen molar-refractivity contribution in [2.75, 3.05) is 0 Å². The fourth-order valence-electron chi connectivity index (χ4n) is 2.93. The molecule has 1 aromatic rings. The molecule has 0 aliphatic heterocycles. The second kappa shape index (κ2) is 7.41. The van der Waals surface area contributed by atoms with E-state index in [0.29, 0.717) is 0 Å². The number of rotatable bonds is 7. The van der Waals surface area contributed by atoms with Crippen molar-refractivity contribution in [2.24, 2.45) is 0 Å². The van der Waals surface area contributed by atoms with Crippen LogP contribution in [-0.2, 0) is 4.43 Å². The lowest BCUT2D eigenvalue weighted by Crippen LogP contribution is -2.43. The first-order valence-electron chi connectivity index (χ1n) is 8.24. The Morgan fingerprint density at radius 2 is 1.48 bits per heavy atom. The Morgan fingerprint density at radius 3 is 1.90 bits per heavy atom. The SMILES string of the molecule is CC[Si](CC)(CC)OC(C)(C)/C=C/c1c(C)cccc1C. The standard InChI is InChI=1S/C19H32OSi/c1-8-21(9-2,10-3)20-19(6,7)15-14-18-16(4)12-11-13-17(18)5/h11-15H,8-10H2,1-7H3/b15-14+. The molecule has 0 aromatic heterocycles. The van der Waals surface area contributed by atoms with Crippen LogP contribution < -0.4 is 0 Å². The van der Waals surface area contributed by atoms with E-state index in [1.807, 2.05) is 0 Å². The largest absolute Gasteiger partial charge is 0.409 e. The Bertz CT molecular complexity index is 456. The highest BCUT2D eigenvalue weighted by molar-refractivity contribution is 6.73. The molecule has 0 aliphatic rings.